The molecule has 2 amide bonds. The Morgan fingerprint density at radius 1 is 0.886 bits per heavy atom. The number of methoxy groups -OCH3 is 2. The molecule has 6 nitrogen and oxygen atoms in total. The van der Waals surface area contributed by atoms with Crippen molar-refractivity contribution < 1.29 is 19.1 Å². The highest BCUT2D eigenvalue weighted by atomic mass is 16.5. The van der Waals surface area contributed by atoms with Crippen molar-refractivity contribution in [3.05, 3.63) is 59.2 Å². The number of benzene rings is 2. The number of hydrogen-bond acceptors (Lipinski definition) is 4. The van der Waals surface area contributed by atoms with Gasteiger partial charge >= 0.3 is 0 Å². The Bertz CT molecular complexity index is 1040. The third kappa shape index (κ3) is 5.02. The molecule has 0 radical (unpaired) electrons. The van der Waals surface area contributed by atoms with E-state index in [9.17, 15) is 9.59 Å². The van der Waals surface area contributed by atoms with Gasteiger partial charge < -0.3 is 20.1 Å². The standard InChI is InChI=1S/C29H36N2O4/c1-34-25-8-7-23(26(14-25)35-2)9-10-30-27(32)24-5-3-19(4-6-24)18-31-28(33)29-15-20-11-21(16-29)13-22(12-20)17-29/h3-8,14,20-22H,9-13,15-18H2,1-2H3,(H,30,32)(H,31,33). The van der Waals surface area contributed by atoms with E-state index in [1.807, 2.05) is 42.5 Å². The SMILES string of the molecule is COc1ccc(CCNC(=O)c2ccc(CNC(=O)C34CC5CC(CC(C5)C3)C4)cc2)c(OC)c1. The zero-order valence-electron chi connectivity index (χ0n) is 20.8. The van der Waals surface area contributed by atoms with Gasteiger partial charge in [-0.3, -0.25) is 9.59 Å². The molecule has 6 rings (SSSR count). The molecular formula is C29H36N2O4. The van der Waals surface area contributed by atoms with Crippen LogP contribution in [0.2, 0.25) is 0 Å². The van der Waals surface area contributed by atoms with E-state index in [4.69, 9.17) is 9.47 Å². The topological polar surface area (TPSA) is 76.7 Å². The second-order valence-electron chi connectivity index (χ2n) is 10.8. The van der Waals surface area contributed by atoms with Crippen LogP contribution >= 0.6 is 0 Å². The lowest BCUT2D eigenvalue weighted by Gasteiger charge is -2.55. The number of rotatable bonds is 9. The summed E-state index contributed by atoms with van der Waals surface area (Å²) in [7, 11) is 3.25. The fraction of sp³-hybridized carbons (Fsp3) is 0.517. The van der Waals surface area contributed by atoms with Crippen molar-refractivity contribution in [3.63, 3.8) is 0 Å². The predicted molar refractivity (Wildman–Crippen MR) is 134 cm³/mol. The highest BCUT2D eigenvalue weighted by molar-refractivity contribution is 5.94. The number of carbonyl (C=O) groups excluding carboxylic acids is 2. The fourth-order valence-electron chi connectivity index (χ4n) is 7.00. The zero-order valence-corrected chi connectivity index (χ0v) is 20.8. The minimum atomic E-state index is -0.124. The molecule has 2 N–H and O–H groups in total. The molecule has 4 saturated carbocycles. The zero-order chi connectivity index (χ0) is 24.4. The normalized spacial score (nSPS) is 26.3. The molecule has 4 bridgehead atoms. The molecule has 186 valence electrons. The average Bonchev–Trinajstić information content (AvgIpc) is 2.86. The molecule has 6 heteroatoms. The van der Waals surface area contributed by atoms with Gasteiger partial charge in [-0.1, -0.05) is 18.2 Å². The summed E-state index contributed by atoms with van der Waals surface area (Å²) >= 11 is 0. The quantitative estimate of drug-likeness (QED) is 0.558. The Balaban J connectivity index is 1.10. The Hall–Kier alpha value is -3.02. The van der Waals surface area contributed by atoms with Crippen molar-refractivity contribution in [1.82, 2.24) is 10.6 Å². The van der Waals surface area contributed by atoms with E-state index in [0.717, 1.165) is 59.6 Å². The van der Waals surface area contributed by atoms with Gasteiger partial charge in [-0.05, 0) is 92.0 Å². The Morgan fingerprint density at radius 2 is 1.54 bits per heavy atom. The summed E-state index contributed by atoms with van der Waals surface area (Å²) in [5.74, 6) is 3.90. The third-order valence-corrected chi connectivity index (χ3v) is 8.36. The van der Waals surface area contributed by atoms with E-state index in [0.29, 0.717) is 25.1 Å². The largest absolute Gasteiger partial charge is 0.497 e. The van der Waals surface area contributed by atoms with E-state index in [1.54, 1.807) is 14.2 Å². The number of hydrogen-bond donors (Lipinski definition) is 2. The summed E-state index contributed by atoms with van der Waals surface area (Å²) in [6.45, 7) is 1.02. The smallest absolute Gasteiger partial charge is 0.251 e. The summed E-state index contributed by atoms with van der Waals surface area (Å²) in [6, 6.07) is 13.2. The molecule has 0 unspecified atom stereocenters. The fourth-order valence-corrected chi connectivity index (χ4v) is 7.00. The first kappa shape index (κ1) is 23.7. The highest BCUT2D eigenvalue weighted by Gasteiger charge is 2.54. The van der Waals surface area contributed by atoms with Crippen molar-refractivity contribution in [2.45, 2.75) is 51.5 Å². The van der Waals surface area contributed by atoms with Crippen LogP contribution in [0.15, 0.2) is 42.5 Å². The number of amides is 2. The molecule has 0 spiro atoms. The lowest BCUT2D eigenvalue weighted by Crippen LogP contribution is -2.53. The van der Waals surface area contributed by atoms with Crippen molar-refractivity contribution in [2.24, 2.45) is 23.2 Å². The van der Waals surface area contributed by atoms with Crippen LogP contribution in [0.3, 0.4) is 0 Å². The van der Waals surface area contributed by atoms with Gasteiger partial charge in [0, 0.05) is 30.1 Å². The molecule has 0 aliphatic heterocycles. The van der Waals surface area contributed by atoms with Crippen LogP contribution in [0.1, 0.15) is 60.0 Å². The number of nitrogens with one attached hydrogen (secondary N) is 2. The van der Waals surface area contributed by atoms with Crippen molar-refractivity contribution in [1.29, 1.82) is 0 Å². The summed E-state index contributed by atoms with van der Waals surface area (Å²) in [6.07, 6.45) is 7.90. The maximum Gasteiger partial charge on any atom is 0.251 e. The van der Waals surface area contributed by atoms with E-state index in [1.165, 1.54) is 19.3 Å². The molecule has 2 aromatic rings. The molecule has 2 aromatic carbocycles. The Kier molecular flexibility index (Phi) is 6.72. The molecule has 4 fully saturated rings. The van der Waals surface area contributed by atoms with Gasteiger partial charge in [0.2, 0.25) is 5.91 Å². The van der Waals surface area contributed by atoms with E-state index in [2.05, 4.69) is 10.6 Å². The predicted octanol–water partition coefficient (Wildman–Crippen LogP) is 4.51. The monoisotopic (exact) mass is 476 g/mol. The van der Waals surface area contributed by atoms with Crippen molar-refractivity contribution in [3.8, 4) is 11.5 Å². The van der Waals surface area contributed by atoms with Crippen LogP contribution in [0.5, 0.6) is 11.5 Å². The number of carbonyl (C=O) groups is 2. The maximum absolute atomic E-state index is 13.2. The van der Waals surface area contributed by atoms with Crippen LogP contribution < -0.4 is 20.1 Å². The van der Waals surface area contributed by atoms with Gasteiger partial charge in [0.25, 0.3) is 5.91 Å². The third-order valence-electron chi connectivity index (χ3n) is 8.36. The second kappa shape index (κ2) is 9.92. The first-order valence-electron chi connectivity index (χ1n) is 12.8. The van der Waals surface area contributed by atoms with Crippen molar-refractivity contribution >= 4 is 11.8 Å². The first-order chi connectivity index (χ1) is 17.0. The molecule has 0 aromatic heterocycles. The van der Waals surface area contributed by atoms with Crippen LogP contribution in [0.25, 0.3) is 0 Å². The van der Waals surface area contributed by atoms with E-state index >= 15 is 0 Å². The molecule has 4 aliphatic rings. The molecule has 0 saturated heterocycles. The minimum absolute atomic E-state index is 0.110. The Morgan fingerprint density at radius 3 is 2.14 bits per heavy atom. The lowest BCUT2D eigenvalue weighted by atomic mass is 9.49. The van der Waals surface area contributed by atoms with Gasteiger partial charge in [0.15, 0.2) is 0 Å². The van der Waals surface area contributed by atoms with Gasteiger partial charge in [0.1, 0.15) is 11.5 Å². The summed E-state index contributed by atoms with van der Waals surface area (Å²) in [4.78, 5) is 25.8. The van der Waals surface area contributed by atoms with Crippen LogP contribution in [0.4, 0.5) is 0 Å². The lowest BCUT2D eigenvalue weighted by molar-refractivity contribution is -0.146. The van der Waals surface area contributed by atoms with E-state index in [-0.39, 0.29) is 17.2 Å². The van der Waals surface area contributed by atoms with Crippen LogP contribution in [0, 0.1) is 23.2 Å². The Labute approximate surface area is 207 Å². The van der Waals surface area contributed by atoms with Crippen molar-refractivity contribution in [2.75, 3.05) is 20.8 Å². The van der Waals surface area contributed by atoms with Crippen LogP contribution in [-0.4, -0.2) is 32.6 Å². The molecule has 0 heterocycles. The highest BCUT2D eigenvalue weighted by Crippen LogP contribution is 2.60. The molecular weight excluding hydrogens is 440 g/mol. The molecule has 4 aliphatic carbocycles. The molecule has 35 heavy (non-hydrogen) atoms. The summed E-state index contributed by atoms with van der Waals surface area (Å²) in [5, 5.41) is 6.19. The maximum atomic E-state index is 13.2. The second-order valence-corrected chi connectivity index (χ2v) is 10.8. The van der Waals surface area contributed by atoms with Gasteiger partial charge in [-0.2, -0.15) is 0 Å². The first-order valence-corrected chi connectivity index (χ1v) is 12.8. The summed E-state index contributed by atoms with van der Waals surface area (Å²) < 4.78 is 10.7. The van der Waals surface area contributed by atoms with Gasteiger partial charge in [-0.25, -0.2) is 0 Å². The summed E-state index contributed by atoms with van der Waals surface area (Å²) in [5.41, 5.74) is 2.52. The molecule has 0 atom stereocenters. The minimum Gasteiger partial charge on any atom is -0.497 e. The average molecular weight is 477 g/mol. The van der Waals surface area contributed by atoms with E-state index < -0.39 is 0 Å². The number of ether oxygens (including phenoxy) is 2. The van der Waals surface area contributed by atoms with Gasteiger partial charge in [-0.15, -0.1) is 0 Å². The van der Waals surface area contributed by atoms with Gasteiger partial charge in [0.05, 0.1) is 14.2 Å². The van der Waals surface area contributed by atoms with Crippen LogP contribution in [-0.2, 0) is 17.8 Å².